The monoisotopic (exact) mass is 357 g/mol. The number of carbonyl (C=O) groups excluding carboxylic acids is 2. The summed E-state index contributed by atoms with van der Waals surface area (Å²) in [5.41, 5.74) is 0.319. The second-order valence-electron chi connectivity index (χ2n) is 5.61. The Morgan fingerprint density at radius 2 is 2.29 bits per heavy atom. The Morgan fingerprint density at radius 3 is 3.00 bits per heavy atom. The fourth-order valence-corrected chi connectivity index (χ4v) is 2.84. The van der Waals surface area contributed by atoms with Gasteiger partial charge in [-0.3, -0.25) is 14.5 Å². The number of nitrogens with one attached hydrogen (secondary N) is 2. The van der Waals surface area contributed by atoms with E-state index in [1.165, 1.54) is 12.1 Å². The predicted octanol–water partition coefficient (Wildman–Crippen LogP) is 0.668. The minimum Gasteiger partial charge on any atom is -0.396 e. The summed E-state index contributed by atoms with van der Waals surface area (Å²) in [5, 5.41) is 14.4. The van der Waals surface area contributed by atoms with Crippen LogP contribution >= 0.6 is 11.6 Å². The molecular formula is C16H21ClFN3O3. The third-order valence-corrected chi connectivity index (χ3v) is 4.25. The normalized spacial score (nSPS) is 18.3. The van der Waals surface area contributed by atoms with Crippen molar-refractivity contribution in [2.75, 3.05) is 26.2 Å². The first-order valence-corrected chi connectivity index (χ1v) is 8.23. The summed E-state index contributed by atoms with van der Waals surface area (Å²) in [6.07, 6.45) is 0.431. The first kappa shape index (κ1) is 18.6. The zero-order chi connectivity index (χ0) is 17.5. The molecule has 6 nitrogen and oxygen atoms in total. The van der Waals surface area contributed by atoms with E-state index in [0.717, 1.165) is 0 Å². The van der Waals surface area contributed by atoms with Crippen molar-refractivity contribution in [2.45, 2.75) is 25.4 Å². The Labute approximate surface area is 145 Å². The molecule has 132 valence electrons. The molecule has 2 amide bonds. The number of nitrogens with zero attached hydrogens (tertiary/aromatic N) is 1. The van der Waals surface area contributed by atoms with Crippen LogP contribution < -0.4 is 10.6 Å². The Balaban J connectivity index is 2.06. The van der Waals surface area contributed by atoms with Crippen LogP contribution in [0.25, 0.3) is 0 Å². The minimum atomic E-state index is -0.677. The molecule has 1 heterocycles. The molecule has 1 aromatic carbocycles. The molecule has 1 aromatic rings. The fraction of sp³-hybridized carbons (Fsp3) is 0.500. The molecule has 1 aliphatic rings. The Bertz CT molecular complexity index is 580. The number of hydrogen-bond acceptors (Lipinski definition) is 4. The van der Waals surface area contributed by atoms with Gasteiger partial charge in [0, 0.05) is 43.4 Å². The standard InChI is InChI=1S/C16H21ClFN3O3/c17-12-3-1-4-13(18)11(12)10-21-7-6-20-16(24)14(21)9-15(23)19-5-2-8-22/h1,3-4,14,22H,2,5-10H2,(H,19,23)(H,20,24)/t14-/m1/s1. The lowest BCUT2D eigenvalue weighted by atomic mass is 10.1. The number of piperazine rings is 1. The summed E-state index contributed by atoms with van der Waals surface area (Å²) < 4.78 is 14.0. The van der Waals surface area contributed by atoms with Crippen molar-refractivity contribution < 1.29 is 19.1 Å². The zero-order valence-corrected chi connectivity index (χ0v) is 14.0. The lowest BCUT2D eigenvalue weighted by Crippen LogP contribution is -2.56. The molecule has 0 aromatic heterocycles. The third kappa shape index (κ3) is 4.90. The van der Waals surface area contributed by atoms with E-state index in [9.17, 15) is 14.0 Å². The van der Waals surface area contributed by atoms with Crippen LogP contribution in [0.1, 0.15) is 18.4 Å². The highest BCUT2D eigenvalue weighted by atomic mass is 35.5. The van der Waals surface area contributed by atoms with Gasteiger partial charge in [0.1, 0.15) is 5.82 Å². The van der Waals surface area contributed by atoms with Gasteiger partial charge in [0.2, 0.25) is 11.8 Å². The smallest absolute Gasteiger partial charge is 0.237 e. The molecule has 0 radical (unpaired) electrons. The molecule has 0 saturated carbocycles. The van der Waals surface area contributed by atoms with Gasteiger partial charge in [0.25, 0.3) is 0 Å². The molecule has 0 unspecified atom stereocenters. The Kier molecular flexibility index (Phi) is 6.96. The van der Waals surface area contributed by atoms with Gasteiger partial charge in [-0.25, -0.2) is 4.39 Å². The van der Waals surface area contributed by atoms with E-state index in [1.54, 1.807) is 11.0 Å². The number of amides is 2. The summed E-state index contributed by atoms with van der Waals surface area (Å²) >= 11 is 6.05. The number of carbonyl (C=O) groups is 2. The molecule has 0 aliphatic carbocycles. The first-order valence-electron chi connectivity index (χ1n) is 7.85. The Morgan fingerprint density at radius 1 is 1.50 bits per heavy atom. The van der Waals surface area contributed by atoms with Gasteiger partial charge in [-0.2, -0.15) is 0 Å². The van der Waals surface area contributed by atoms with Gasteiger partial charge < -0.3 is 15.7 Å². The molecule has 1 saturated heterocycles. The number of aliphatic hydroxyl groups excluding tert-OH is 1. The molecule has 1 fully saturated rings. The summed E-state index contributed by atoms with van der Waals surface area (Å²) in [4.78, 5) is 25.9. The molecule has 1 atom stereocenters. The van der Waals surface area contributed by atoms with E-state index in [1.807, 2.05) is 0 Å². The maximum atomic E-state index is 14.0. The second-order valence-corrected chi connectivity index (χ2v) is 6.02. The molecule has 2 rings (SSSR count). The molecular weight excluding hydrogens is 337 g/mol. The lowest BCUT2D eigenvalue weighted by molar-refractivity contribution is -0.134. The maximum absolute atomic E-state index is 14.0. The SMILES string of the molecule is O=C(C[C@@H]1C(=O)NCCN1Cc1c(F)cccc1Cl)NCCCO. The number of benzene rings is 1. The predicted molar refractivity (Wildman–Crippen MR) is 87.9 cm³/mol. The van der Waals surface area contributed by atoms with Crippen LogP contribution in [0.4, 0.5) is 4.39 Å². The largest absolute Gasteiger partial charge is 0.396 e. The average molecular weight is 358 g/mol. The van der Waals surface area contributed by atoms with Gasteiger partial charge in [-0.15, -0.1) is 0 Å². The number of aliphatic hydroxyl groups is 1. The van der Waals surface area contributed by atoms with Crippen LogP contribution in [0.5, 0.6) is 0 Å². The third-order valence-electron chi connectivity index (χ3n) is 3.90. The highest BCUT2D eigenvalue weighted by molar-refractivity contribution is 6.31. The van der Waals surface area contributed by atoms with E-state index in [-0.39, 0.29) is 31.4 Å². The quantitative estimate of drug-likeness (QED) is 0.626. The summed E-state index contributed by atoms with van der Waals surface area (Å²) in [7, 11) is 0. The van der Waals surface area contributed by atoms with Crippen LogP contribution in [0.15, 0.2) is 18.2 Å². The first-order chi connectivity index (χ1) is 11.5. The molecule has 3 N–H and O–H groups in total. The number of hydrogen-bond donors (Lipinski definition) is 3. The zero-order valence-electron chi connectivity index (χ0n) is 13.2. The van der Waals surface area contributed by atoms with Crippen LogP contribution in [-0.2, 0) is 16.1 Å². The number of halogens is 2. The van der Waals surface area contributed by atoms with Crippen molar-refractivity contribution in [3.05, 3.63) is 34.6 Å². The van der Waals surface area contributed by atoms with Crippen molar-refractivity contribution in [2.24, 2.45) is 0 Å². The molecule has 8 heteroatoms. The van der Waals surface area contributed by atoms with Gasteiger partial charge in [0.05, 0.1) is 12.5 Å². The summed E-state index contributed by atoms with van der Waals surface area (Å²) in [5.74, 6) is -0.972. The van der Waals surface area contributed by atoms with Crippen LogP contribution in [0.2, 0.25) is 5.02 Å². The topological polar surface area (TPSA) is 81.7 Å². The summed E-state index contributed by atoms with van der Waals surface area (Å²) in [6, 6.07) is 3.77. The number of rotatable bonds is 7. The van der Waals surface area contributed by atoms with Gasteiger partial charge in [0.15, 0.2) is 0 Å². The van der Waals surface area contributed by atoms with E-state index in [2.05, 4.69) is 10.6 Å². The maximum Gasteiger partial charge on any atom is 0.237 e. The minimum absolute atomic E-state index is 0.0118. The second kappa shape index (κ2) is 8.96. The van der Waals surface area contributed by atoms with E-state index < -0.39 is 11.9 Å². The van der Waals surface area contributed by atoms with Crippen LogP contribution in [0, 0.1) is 5.82 Å². The molecule has 0 spiro atoms. The van der Waals surface area contributed by atoms with Gasteiger partial charge >= 0.3 is 0 Å². The fourth-order valence-electron chi connectivity index (χ4n) is 2.61. The highest BCUT2D eigenvalue weighted by Crippen LogP contribution is 2.23. The summed E-state index contributed by atoms with van der Waals surface area (Å²) in [6.45, 7) is 1.44. The van der Waals surface area contributed by atoms with E-state index in [4.69, 9.17) is 16.7 Å². The lowest BCUT2D eigenvalue weighted by Gasteiger charge is -2.35. The molecule has 24 heavy (non-hydrogen) atoms. The van der Waals surface area contributed by atoms with Crippen LogP contribution in [0.3, 0.4) is 0 Å². The van der Waals surface area contributed by atoms with Crippen molar-refractivity contribution >= 4 is 23.4 Å². The van der Waals surface area contributed by atoms with E-state index >= 15 is 0 Å². The van der Waals surface area contributed by atoms with Crippen molar-refractivity contribution in [3.63, 3.8) is 0 Å². The van der Waals surface area contributed by atoms with Gasteiger partial charge in [-0.1, -0.05) is 17.7 Å². The van der Waals surface area contributed by atoms with Crippen LogP contribution in [-0.4, -0.2) is 54.1 Å². The van der Waals surface area contributed by atoms with Crippen molar-refractivity contribution in [1.29, 1.82) is 0 Å². The van der Waals surface area contributed by atoms with Crippen molar-refractivity contribution in [1.82, 2.24) is 15.5 Å². The average Bonchev–Trinajstić information content (AvgIpc) is 2.54. The Hall–Kier alpha value is -1.70. The molecule has 0 bridgehead atoms. The molecule has 1 aliphatic heterocycles. The van der Waals surface area contributed by atoms with E-state index in [0.29, 0.717) is 36.6 Å². The highest BCUT2D eigenvalue weighted by Gasteiger charge is 2.32. The van der Waals surface area contributed by atoms with Crippen molar-refractivity contribution in [3.8, 4) is 0 Å². The van der Waals surface area contributed by atoms with Gasteiger partial charge in [-0.05, 0) is 18.6 Å².